The predicted molar refractivity (Wildman–Crippen MR) is 80.3 cm³/mol. The lowest BCUT2D eigenvalue weighted by Crippen LogP contribution is -2.09. The molecule has 0 bridgehead atoms. The summed E-state index contributed by atoms with van der Waals surface area (Å²) in [7, 11) is 0. The smallest absolute Gasteiger partial charge is 0.302 e. The summed E-state index contributed by atoms with van der Waals surface area (Å²) in [5.74, 6) is -0.211. The third-order valence-electron chi connectivity index (χ3n) is 1.60. The fraction of sp³-hybridized carbons (Fsp3) is 0.929. The van der Waals surface area contributed by atoms with E-state index in [2.05, 4.69) is 4.74 Å². The van der Waals surface area contributed by atoms with E-state index in [0.717, 1.165) is 13.2 Å². The Balaban J connectivity index is -0.000000252. The standard InChI is InChI=1S/C6H14O4.C4H8O2.C4H10O/c7-1-3-9-5-6-10-4-2-8;1-3-6-4(2)5;1-3-5-4-2/h7-8H,1-6H2;3H2,1-2H3;3-4H2,1-2H3. The van der Waals surface area contributed by atoms with Gasteiger partial charge in [-0.15, -0.1) is 0 Å². The Kier molecular flexibility index (Phi) is 33.2. The summed E-state index contributed by atoms with van der Waals surface area (Å²) in [5.41, 5.74) is 0. The first-order valence-corrected chi connectivity index (χ1v) is 7.18. The van der Waals surface area contributed by atoms with Gasteiger partial charge in [0.1, 0.15) is 0 Å². The number of carbonyl (C=O) groups excluding carboxylic acids is 1. The molecule has 0 saturated heterocycles. The first kappa shape index (κ1) is 25.2. The number of hydrogen-bond donors (Lipinski definition) is 2. The second kappa shape index (κ2) is 27.6. The van der Waals surface area contributed by atoms with Crippen molar-refractivity contribution in [2.45, 2.75) is 27.7 Å². The molecule has 0 aromatic heterocycles. The van der Waals surface area contributed by atoms with Crippen molar-refractivity contribution in [2.24, 2.45) is 0 Å². The Morgan fingerprint density at radius 3 is 1.33 bits per heavy atom. The van der Waals surface area contributed by atoms with Gasteiger partial charge in [0.2, 0.25) is 0 Å². The predicted octanol–water partition coefficient (Wildman–Crippen LogP) is 0.616. The van der Waals surface area contributed by atoms with Crippen LogP contribution in [0, 0.1) is 0 Å². The van der Waals surface area contributed by atoms with E-state index in [4.69, 9.17) is 24.4 Å². The van der Waals surface area contributed by atoms with Gasteiger partial charge in [0.15, 0.2) is 0 Å². The number of hydrogen-bond acceptors (Lipinski definition) is 7. The first-order valence-electron chi connectivity index (χ1n) is 7.18. The van der Waals surface area contributed by atoms with Gasteiger partial charge in [-0.05, 0) is 20.8 Å². The number of ether oxygens (including phenoxy) is 4. The van der Waals surface area contributed by atoms with Crippen molar-refractivity contribution in [2.75, 3.05) is 59.5 Å². The Morgan fingerprint density at radius 2 is 1.19 bits per heavy atom. The molecule has 0 aliphatic heterocycles. The summed E-state index contributed by atoms with van der Waals surface area (Å²) >= 11 is 0. The second-order valence-electron chi connectivity index (χ2n) is 3.38. The zero-order chi connectivity index (χ0) is 16.8. The van der Waals surface area contributed by atoms with Crippen molar-refractivity contribution in [3.05, 3.63) is 0 Å². The van der Waals surface area contributed by atoms with Gasteiger partial charge in [0, 0.05) is 20.1 Å². The van der Waals surface area contributed by atoms with Crippen LogP contribution >= 0.6 is 0 Å². The number of esters is 1. The van der Waals surface area contributed by atoms with E-state index in [-0.39, 0.29) is 19.2 Å². The topological polar surface area (TPSA) is 94.5 Å². The SMILES string of the molecule is CCOC(C)=O.CCOCC.OCCOCCOCCO. The molecule has 0 unspecified atom stereocenters. The molecule has 0 saturated carbocycles. The molecule has 0 amide bonds. The quantitative estimate of drug-likeness (QED) is 0.451. The lowest BCUT2D eigenvalue weighted by atomic mass is 10.7. The van der Waals surface area contributed by atoms with Crippen LogP contribution in [-0.2, 0) is 23.7 Å². The average Bonchev–Trinajstić information content (AvgIpc) is 2.45. The highest BCUT2D eigenvalue weighted by molar-refractivity contribution is 5.65. The maximum Gasteiger partial charge on any atom is 0.302 e. The number of aliphatic hydroxyl groups is 2. The van der Waals surface area contributed by atoms with E-state index in [9.17, 15) is 4.79 Å². The van der Waals surface area contributed by atoms with Gasteiger partial charge >= 0.3 is 5.97 Å². The first-order chi connectivity index (χ1) is 10.1. The van der Waals surface area contributed by atoms with Gasteiger partial charge in [-0.25, -0.2) is 0 Å². The Bertz CT molecular complexity index is 167. The molecule has 7 nitrogen and oxygen atoms in total. The summed E-state index contributed by atoms with van der Waals surface area (Å²) in [5, 5.41) is 16.5. The van der Waals surface area contributed by atoms with Crippen molar-refractivity contribution < 1.29 is 34.0 Å². The third kappa shape index (κ3) is 45.2. The van der Waals surface area contributed by atoms with Crippen molar-refractivity contribution >= 4 is 5.97 Å². The van der Waals surface area contributed by atoms with Crippen LogP contribution in [0.15, 0.2) is 0 Å². The van der Waals surface area contributed by atoms with Crippen molar-refractivity contribution in [3.63, 3.8) is 0 Å². The van der Waals surface area contributed by atoms with E-state index in [1.165, 1.54) is 6.92 Å². The van der Waals surface area contributed by atoms with Gasteiger partial charge < -0.3 is 29.2 Å². The Labute approximate surface area is 128 Å². The monoisotopic (exact) mass is 312 g/mol. The molecule has 0 spiro atoms. The molecule has 0 heterocycles. The van der Waals surface area contributed by atoms with Crippen molar-refractivity contribution in [1.82, 2.24) is 0 Å². The molecule has 0 aromatic rings. The van der Waals surface area contributed by atoms with E-state index >= 15 is 0 Å². The van der Waals surface area contributed by atoms with Crippen LogP contribution in [0.1, 0.15) is 27.7 Å². The van der Waals surface area contributed by atoms with Gasteiger partial charge in [-0.1, -0.05) is 0 Å². The molecular weight excluding hydrogens is 280 g/mol. The number of carbonyl (C=O) groups is 1. The molecule has 0 radical (unpaired) electrons. The van der Waals surface area contributed by atoms with Crippen LogP contribution in [0.3, 0.4) is 0 Å². The van der Waals surface area contributed by atoms with E-state index in [1.807, 2.05) is 13.8 Å². The minimum Gasteiger partial charge on any atom is -0.466 e. The van der Waals surface area contributed by atoms with Gasteiger partial charge in [-0.3, -0.25) is 4.79 Å². The number of aliphatic hydroxyl groups excluding tert-OH is 2. The molecule has 0 rings (SSSR count). The molecule has 21 heavy (non-hydrogen) atoms. The molecule has 7 heteroatoms. The molecule has 0 aromatic carbocycles. The Hall–Kier alpha value is -0.730. The van der Waals surface area contributed by atoms with Crippen LogP contribution < -0.4 is 0 Å². The average molecular weight is 312 g/mol. The largest absolute Gasteiger partial charge is 0.466 e. The van der Waals surface area contributed by atoms with Crippen molar-refractivity contribution in [1.29, 1.82) is 0 Å². The van der Waals surface area contributed by atoms with Crippen LogP contribution in [-0.4, -0.2) is 75.6 Å². The Morgan fingerprint density at radius 1 is 0.762 bits per heavy atom. The van der Waals surface area contributed by atoms with Gasteiger partial charge in [-0.2, -0.15) is 0 Å². The molecule has 0 aliphatic rings. The van der Waals surface area contributed by atoms with Gasteiger partial charge in [0.25, 0.3) is 0 Å². The van der Waals surface area contributed by atoms with Crippen molar-refractivity contribution in [3.8, 4) is 0 Å². The number of rotatable bonds is 10. The van der Waals surface area contributed by atoms with Crippen LogP contribution in [0.4, 0.5) is 0 Å². The highest BCUT2D eigenvalue weighted by Crippen LogP contribution is 1.76. The molecule has 2 N–H and O–H groups in total. The van der Waals surface area contributed by atoms with E-state index < -0.39 is 0 Å². The summed E-state index contributed by atoms with van der Waals surface area (Å²) in [6.45, 7) is 11.0. The highest BCUT2D eigenvalue weighted by Gasteiger charge is 1.86. The summed E-state index contributed by atoms with van der Waals surface area (Å²) in [6, 6.07) is 0. The zero-order valence-electron chi connectivity index (χ0n) is 13.8. The van der Waals surface area contributed by atoms with E-state index in [1.54, 1.807) is 6.92 Å². The molecule has 0 fully saturated rings. The third-order valence-corrected chi connectivity index (χ3v) is 1.60. The normalized spacial score (nSPS) is 9.05. The summed E-state index contributed by atoms with van der Waals surface area (Å²) < 4.78 is 19.0. The minimum absolute atomic E-state index is 0.0417. The van der Waals surface area contributed by atoms with E-state index in [0.29, 0.717) is 33.0 Å². The maximum absolute atomic E-state index is 9.82. The zero-order valence-corrected chi connectivity index (χ0v) is 13.8. The fourth-order valence-corrected chi connectivity index (χ4v) is 0.858. The summed E-state index contributed by atoms with van der Waals surface area (Å²) in [4.78, 5) is 9.82. The highest BCUT2D eigenvalue weighted by atomic mass is 16.5. The second-order valence-corrected chi connectivity index (χ2v) is 3.38. The van der Waals surface area contributed by atoms with Crippen LogP contribution in [0.2, 0.25) is 0 Å². The fourth-order valence-electron chi connectivity index (χ4n) is 0.858. The van der Waals surface area contributed by atoms with Crippen LogP contribution in [0.25, 0.3) is 0 Å². The molecule has 0 aliphatic carbocycles. The van der Waals surface area contributed by atoms with Crippen LogP contribution in [0.5, 0.6) is 0 Å². The molecule has 0 atom stereocenters. The minimum atomic E-state index is -0.211. The summed E-state index contributed by atoms with van der Waals surface area (Å²) in [6.07, 6.45) is 0. The lowest BCUT2D eigenvalue weighted by molar-refractivity contribution is -0.140. The van der Waals surface area contributed by atoms with Gasteiger partial charge in [0.05, 0.1) is 46.2 Å². The molecular formula is C14H32O7. The molecule has 130 valence electrons. The maximum atomic E-state index is 9.82. The lowest BCUT2D eigenvalue weighted by Gasteiger charge is -2.01.